The van der Waals surface area contributed by atoms with Crippen molar-refractivity contribution in [1.82, 2.24) is 10.2 Å². The molecular formula is C18H23N3O. The lowest BCUT2D eigenvalue weighted by Crippen LogP contribution is -2.35. The summed E-state index contributed by atoms with van der Waals surface area (Å²) in [6.45, 7) is 7.17. The van der Waals surface area contributed by atoms with Gasteiger partial charge in [0.15, 0.2) is 5.69 Å². The van der Waals surface area contributed by atoms with Crippen LogP contribution in [0, 0.1) is 12.8 Å². The van der Waals surface area contributed by atoms with Crippen LogP contribution in [0.15, 0.2) is 24.3 Å². The summed E-state index contributed by atoms with van der Waals surface area (Å²) in [6.07, 6.45) is 2.96. The molecule has 0 atom stereocenters. The summed E-state index contributed by atoms with van der Waals surface area (Å²) in [7, 11) is 0. The number of amides is 1. The molecule has 3 rings (SSSR count). The molecule has 1 aromatic carbocycles. The number of carbonyl (C=O) groups is 1. The molecule has 4 nitrogen and oxygen atoms in total. The molecule has 2 heterocycles. The topological polar surface area (TPSA) is 49.0 Å². The maximum atomic E-state index is 12.8. The van der Waals surface area contributed by atoms with Crippen LogP contribution in [0.4, 0.5) is 5.69 Å². The largest absolute Gasteiger partial charge is 0.307 e. The number of hydrogen-bond donors (Lipinski definition) is 1. The van der Waals surface area contributed by atoms with Crippen LogP contribution in [0.1, 0.15) is 47.6 Å². The van der Waals surface area contributed by atoms with Gasteiger partial charge >= 0.3 is 0 Å². The fourth-order valence-corrected chi connectivity index (χ4v) is 3.09. The Morgan fingerprint density at radius 1 is 1.36 bits per heavy atom. The molecule has 1 aliphatic heterocycles. The summed E-state index contributed by atoms with van der Waals surface area (Å²) < 4.78 is 0. The number of nitrogens with zero attached hydrogens (tertiary/aromatic N) is 2. The number of H-pyrrole nitrogens is 1. The van der Waals surface area contributed by atoms with Crippen molar-refractivity contribution in [3.8, 4) is 0 Å². The van der Waals surface area contributed by atoms with Crippen LogP contribution in [0.25, 0.3) is 0 Å². The average molecular weight is 297 g/mol. The van der Waals surface area contributed by atoms with E-state index in [0.29, 0.717) is 11.6 Å². The number of aromatic nitrogens is 2. The average Bonchev–Trinajstić information content (AvgIpc) is 2.93. The third kappa shape index (κ3) is 2.91. The van der Waals surface area contributed by atoms with Crippen LogP contribution in [0.5, 0.6) is 0 Å². The molecule has 0 saturated carbocycles. The fraction of sp³-hybridized carbons (Fsp3) is 0.444. The number of nitrogens with one attached hydrogen (secondary N) is 1. The smallest absolute Gasteiger partial charge is 0.278 e. The fourth-order valence-electron chi connectivity index (χ4n) is 3.09. The highest BCUT2D eigenvalue weighted by Gasteiger charge is 2.25. The van der Waals surface area contributed by atoms with E-state index in [2.05, 4.69) is 49.2 Å². The molecule has 0 bridgehead atoms. The Bertz CT molecular complexity index is 687. The Morgan fingerprint density at radius 3 is 2.95 bits per heavy atom. The summed E-state index contributed by atoms with van der Waals surface area (Å²) in [6, 6.07) is 8.21. The molecular weight excluding hydrogens is 274 g/mol. The third-order valence-corrected chi connectivity index (χ3v) is 4.08. The SMILES string of the molecule is Cc1ccc2c(c1)CCCN2C(=O)c1cc(CC(C)C)[nH]n1. The number of aromatic amines is 1. The Morgan fingerprint density at radius 2 is 2.18 bits per heavy atom. The normalized spacial score (nSPS) is 14.3. The van der Waals surface area contributed by atoms with Gasteiger partial charge in [0.1, 0.15) is 0 Å². The second kappa shape index (κ2) is 5.95. The van der Waals surface area contributed by atoms with E-state index < -0.39 is 0 Å². The predicted molar refractivity (Wildman–Crippen MR) is 88.3 cm³/mol. The Labute approximate surface area is 131 Å². The number of fused-ring (bicyclic) bond motifs is 1. The lowest BCUT2D eigenvalue weighted by molar-refractivity contribution is 0.0980. The van der Waals surface area contributed by atoms with Crippen molar-refractivity contribution in [1.29, 1.82) is 0 Å². The first-order valence-corrected chi connectivity index (χ1v) is 8.00. The minimum Gasteiger partial charge on any atom is -0.307 e. The first-order valence-electron chi connectivity index (χ1n) is 8.00. The van der Waals surface area contributed by atoms with Crippen molar-refractivity contribution in [2.75, 3.05) is 11.4 Å². The molecule has 1 aliphatic rings. The number of carbonyl (C=O) groups excluding carboxylic acids is 1. The van der Waals surface area contributed by atoms with Crippen molar-refractivity contribution in [2.45, 2.75) is 40.0 Å². The lowest BCUT2D eigenvalue weighted by atomic mass is 9.99. The molecule has 0 saturated heterocycles. The van der Waals surface area contributed by atoms with E-state index in [0.717, 1.165) is 37.2 Å². The van der Waals surface area contributed by atoms with Gasteiger partial charge in [0.05, 0.1) is 0 Å². The summed E-state index contributed by atoms with van der Waals surface area (Å²) in [4.78, 5) is 14.7. The van der Waals surface area contributed by atoms with Gasteiger partial charge in [-0.1, -0.05) is 31.5 Å². The molecule has 1 aromatic heterocycles. The van der Waals surface area contributed by atoms with Gasteiger partial charge < -0.3 is 4.90 Å². The van der Waals surface area contributed by atoms with Crippen molar-refractivity contribution in [3.63, 3.8) is 0 Å². The maximum Gasteiger partial charge on any atom is 0.278 e. The van der Waals surface area contributed by atoms with Crippen LogP contribution in [0.2, 0.25) is 0 Å². The van der Waals surface area contributed by atoms with Gasteiger partial charge in [-0.3, -0.25) is 9.89 Å². The van der Waals surface area contributed by atoms with Gasteiger partial charge in [-0.25, -0.2) is 0 Å². The summed E-state index contributed by atoms with van der Waals surface area (Å²) in [5.74, 6) is 0.540. The van der Waals surface area contributed by atoms with Gasteiger partial charge in [0.25, 0.3) is 5.91 Å². The van der Waals surface area contributed by atoms with Gasteiger partial charge in [-0.05, 0) is 49.8 Å². The molecule has 0 aliphatic carbocycles. The number of anilines is 1. The summed E-state index contributed by atoms with van der Waals surface area (Å²) in [5.41, 5.74) is 5.09. The van der Waals surface area contributed by atoms with E-state index in [4.69, 9.17) is 0 Å². The molecule has 0 radical (unpaired) electrons. The standard InChI is InChI=1S/C18H23N3O/c1-12(2)9-15-11-16(20-19-15)18(22)21-8-4-5-14-10-13(3)6-7-17(14)21/h6-7,10-12H,4-5,8-9H2,1-3H3,(H,19,20). The van der Waals surface area contributed by atoms with Crippen LogP contribution < -0.4 is 4.90 Å². The van der Waals surface area contributed by atoms with Gasteiger partial charge in [-0.2, -0.15) is 5.10 Å². The van der Waals surface area contributed by atoms with Crippen molar-refractivity contribution in [3.05, 3.63) is 46.8 Å². The van der Waals surface area contributed by atoms with E-state index in [-0.39, 0.29) is 5.91 Å². The van der Waals surface area contributed by atoms with Gasteiger partial charge in [0.2, 0.25) is 0 Å². The molecule has 22 heavy (non-hydrogen) atoms. The highest BCUT2D eigenvalue weighted by Crippen LogP contribution is 2.29. The van der Waals surface area contributed by atoms with Gasteiger partial charge in [0, 0.05) is 17.9 Å². The van der Waals surface area contributed by atoms with Crippen molar-refractivity contribution < 1.29 is 4.79 Å². The zero-order valence-electron chi connectivity index (χ0n) is 13.5. The van der Waals surface area contributed by atoms with E-state index in [9.17, 15) is 4.79 Å². The highest BCUT2D eigenvalue weighted by atomic mass is 16.2. The quantitative estimate of drug-likeness (QED) is 0.942. The molecule has 2 aromatic rings. The van der Waals surface area contributed by atoms with Crippen LogP contribution in [0.3, 0.4) is 0 Å². The van der Waals surface area contributed by atoms with Crippen molar-refractivity contribution >= 4 is 11.6 Å². The number of aryl methyl sites for hydroxylation is 2. The molecule has 1 amide bonds. The molecule has 4 heteroatoms. The Balaban J connectivity index is 1.86. The number of rotatable bonds is 3. The lowest BCUT2D eigenvalue weighted by Gasteiger charge is -2.29. The second-order valence-electron chi connectivity index (χ2n) is 6.57. The van der Waals surface area contributed by atoms with E-state index >= 15 is 0 Å². The second-order valence-corrected chi connectivity index (χ2v) is 6.57. The molecule has 116 valence electrons. The third-order valence-electron chi connectivity index (χ3n) is 4.08. The summed E-state index contributed by atoms with van der Waals surface area (Å²) in [5, 5.41) is 7.21. The zero-order chi connectivity index (χ0) is 15.7. The molecule has 1 N–H and O–H groups in total. The molecule has 0 unspecified atom stereocenters. The number of benzene rings is 1. The zero-order valence-corrected chi connectivity index (χ0v) is 13.5. The van der Waals surface area contributed by atoms with E-state index in [1.807, 2.05) is 11.0 Å². The Hall–Kier alpha value is -2.10. The van der Waals surface area contributed by atoms with Gasteiger partial charge in [-0.15, -0.1) is 0 Å². The van der Waals surface area contributed by atoms with Crippen LogP contribution in [-0.2, 0) is 12.8 Å². The maximum absolute atomic E-state index is 12.8. The van der Waals surface area contributed by atoms with E-state index in [1.165, 1.54) is 11.1 Å². The molecule has 0 spiro atoms. The van der Waals surface area contributed by atoms with Crippen LogP contribution >= 0.6 is 0 Å². The first kappa shape index (κ1) is 14.8. The van der Waals surface area contributed by atoms with Crippen LogP contribution in [-0.4, -0.2) is 22.6 Å². The Kier molecular flexibility index (Phi) is 4.01. The monoisotopic (exact) mass is 297 g/mol. The van der Waals surface area contributed by atoms with E-state index in [1.54, 1.807) is 0 Å². The molecule has 0 fully saturated rings. The number of hydrogen-bond acceptors (Lipinski definition) is 2. The predicted octanol–water partition coefficient (Wildman–Crippen LogP) is 3.51. The highest BCUT2D eigenvalue weighted by molar-refractivity contribution is 6.05. The minimum absolute atomic E-state index is 0.00365. The first-order chi connectivity index (χ1) is 10.5. The minimum atomic E-state index is -0.00365. The summed E-state index contributed by atoms with van der Waals surface area (Å²) >= 11 is 0. The van der Waals surface area contributed by atoms with Crippen molar-refractivity contribution in [2.24, 2.45) is 5.92 Å².